The van der Waals surface area contributed by atoms with Crippen molar-refractivity contribution in [3.05, 3.63) is 0 Å². The SMILES string of the molecule is O=[C-]C[C-]=O.O=[C-]C[C-]=O.[Cu].[Re].[Re].[Re].[Re]. The largest absolute Gasteiger partial charge is 0.544 e. The van der Waals surface area contributed by atoms with Crippen LogP contribution in [0.25, 0.3) is 0 Å². The number of hydrogen-bond acceptors (Lipinski definition) is 4. The minimum Gasteiger partial charge on any atom is -0.544 e. The van der Waals surface area contributed by atoms with Gasteiger partial charge in [-0.2, -0.15) is 0 Å². The van der Waals surface area contributed by atoms with E-state index in [1.807, 2.05) is 0 Å². The van der Waals surface area contributed by atoms with E-state index < -0.39 is 0 Å². The maximum absolute atomic E-state index is 9.02. The first kappa shape index (κ1) is 43.6. The van der Waals surface area contributed by atoms with Gasteiger partial charge in [-0.1, -0.05) is 0 Å². The normalized spacial score (nSPS) is 4.27. The first-order chi connectivity index (χ1) is 4.83. The summed E-state index contributed by atoms with van der Waals surface area (Å²) in [6.45, 7) is 0. The Kier molecular flexibility index (Phi) is 165. The van der Waals surface area contributed by atoms with Gasteiger partial charge in [-0.25, -0.2) is 0 Å². The third-order valence-corrected chi connectivity index (χ3v) is 0.289. The zero-order chi connectivity index (χ0) is 8.24. The molecule has 0 aliphatic rings. The summed E-state index contributed by atoms with van der Waals surface area (Å²) < 4.78 is 0. The second kappa shape index (κ2) is 56.7. The smallest absolute Gasteiger partial charge is 0 e. The molecule has 0 N–H and O–H groups in total. The van der Waals surface area contributed by atoms with Crippen LogP contribution in [0.5, 0.6) is 0 Å². The Morgan fingerprint density at radius 1 is 0.533 bits per heavy atom. The van der Waals surface area contributed by atoms with Crippen LogP contribution in [0.2, 0.25) is 0 Å². The second-order valence-electron chi connectivity index (χ2n) is 0.931. The van der Waals surface area contributed by atoms with Gasteiger partial charge in [0.1, 0.15) is 0 Å². The number of rotatable bonds is 4. The Labute approximate surface area is 154 Å². The maximum Gasteiger partial charge on any atom is 0 e. The van der Waals surface area contributed by atoms with Gasteiger partial charge in [-0.15, -0.1) is 0 Å². The molecule has 0 bridgehead atoms. The molecule has 95 valence electrons. The van der Waals surface area contributed by atoms with Gasteiger partial charge in [-0.3, -0.25) is 38.0 Å². The van der Waals surface area contributed by atoms with Crippen LogP contribution in [-0.2, 0) is 118 Å². The van der Waals surface area contributed by atoms with Gasteiger partial charge in [0, 0.05) is 98.8 Å². The molecule has 0 fully saturated rings. The van der Waals surface area contributed by atoms with Gasteiger partial charge in [0.2, 0.25) is 0 Å². The molecule has 0 rings (SSSR count). The van der Waals surface area contributed by atoms with E-state index in [0.717, 1.165) is 0 Å². The van der Waals surface area contributed by atoms with Gasteiger partial charge in [-0.05, 0) is 0 Å². The molecule has 0 saturated carbocycles. The molecule has 9 heteroatoms. The summed E-state index contributed by atoms with van der Waals surface area (Å²) in [5, 5.41) is 0. The predicted octanol–water partition coefficient (Wildman–Crippen LogP) is -0.821. The van der Waals surface area contributed by atoms with E-state index >= 15 is 0 Å². The van der Waals surface area contributed by atoms with E-state index in [1.54, 1.807) is 0 Å². The van der Waals surface area contributed by atoms with Crippen molar-refractivity contribution in [2.45, 2.75) is 12.8 Å². The minimum atomic E-state index is -0.222. The maximum atomic E-state index is 9.02. The number of hydrogen-bond donors (Lipinski definition) is 0. The Bertz CT molecular complexity index is 99.7. The molecular formula is C6H4CuO4Re4-4. The fourth-order valence-corrected chi connectivity index (χ4v) is 0.0589. The molecule has 0 heterocycles. The fourth-order valence-electron chi connectivity index (χ4n) is 0.0589. The first-order valence-corrected chi connectivity index (χ1v) is 2.23. The summed E-state index contributed by atoms with van der Waals surface area (Å²) in [7, 11) is 0. The van der Waals surface area contributed by atoms with Crippen molar-refractivity contribution in [3.63, 3.8) is 0 Å². The molecule has 15 heavy (non-hydrogen) atoms. The molecule has 0 amide bonds. The van der Waals surface area contributed by atoms with Crippen LogP contribution in [0.3, 0.4) is 0 Å². The molecular weight excluding hydrogens is 944 g/mol. The Hall–Kier alpha value is 1.85. The van der Waals surface area contributed by atoms with E-state index in [4.69, 9.17) is 19.2 Å². The van der Waals surface area contributed by atoms with Crippen molar-refractivity contribution < 1.29 is 118 Å². The van der Waals surface area contributed by atoms with Crippen molar-refractivity contribution >= 4 is 25.1 Å². The van der Waals surface area contributed by atoms with E-state index in [-0.39, 0.29) is 112 Å². The Morgan fingerprint density at radius 2 is 0.667 bits per heavy atom. The molecule has 0 aromatic heterocycles. The van der Waals surface area contributed by atoms with Gasteiger partial charge in [0.05, 0.1) is 0 Å². The van der Waals surface area contributed by atoms with Crippen LogP contribution in [0, 0.1) is 0 Å². The van der Waals surface area contributed by atoms with Gasteiger partial charge in [0.15, 0.2) is 0 Å². The van der Waals surface area contributed by atoms with Crippen LogP contribution >= 0.6 is 0 Å². The molecule has 4 nitrogen and oxygen atoms in total. The summed E-state index contributed by atoms with van der Waals surface area (Å²) in [5.41, 5.74) is 0. The molecule has 0 spiro atoms. The van der Waals surface area contributed by atoms with Crippen LogP contribution < -0.4 is 0 Å². The van der Waals surface area contributed by atoms with E-state index in [0.29, 0.717) is 0 Å². The molecule has 0 aromatic rings. The zero-order valence-electron chi connectivity index (χ0n) is 6.86. The van der Waals surface area contributed by atoms with Crippen LogP contribution in [0.15, 0.2) is 0 Å². The third kappa shape index (κ3) is 88.9. The Morgan fingerprint density at radius 3 is 0.667 bits per heavy atom. The van der Waals surface area contributed by atoms with Crippen molar-refractivity contribution in [1.29, 1.82) is 0 Å². The van der Waals surface area contributed by atoms with Crippen LogP contribution in [-0.4, -0.2) is 25.1 Å². The Balaban J connectivity index is -0.0000000128. The summed E-state index contributed by atoms with van der Waals surface area (Å²) in [6.07, 6.45) is 4.93. The quantitative estimate of drug-likeness (QED) is 0.210. The first-order valence-electron chi connectivity index (χ1n) is 2.23. The molecule has 0 unspecified atom stereocenters. The van der Waals surface area contributed by atoms with E-state index in [2.05, 4.69) is 0 Å². The average molecular weight is 948 g/mol. The van der Waals surface area contributed by atoms with Crippen molar-refractivity contribution in [1.82, 2.24) is 0 Å². The van der Waals surface area contributed by atoms with Gasteiger partial charge < -0.3 is 19.2 Å². The molecule has 0 saturated heterocycles. The molecule has 0 aromatic carbocycles. The van der Waals surface area contributed by atoms with Crippen molar-refractivity contribution in [2.24, 2.45) is 0 Å². The zero-order valence-corrected chi connectivity index (χ0v) is 18.7. The number of carbonyl (C=O) groups excluding carboxylic acids is 4. The van der Waals surface area contributed by atoms with Gasteiger partial charge in [0.25, 0.3) is 0 Å². The summed E-state index contributed by atoms with van der Waals surface area (Å²) in [5.74, 6) is 0. The third-order valence-electron chi connectivity index (χ3n) is 0.289. The molecule has 0 aliphatic heterocycles. The van der Waals surface area contributed by atoms with E-state index in [9.17, 15) is 0 Å². The van der Waals surface area contributed by atoms with Crippen LogP contribution in [0.4, 0.5) is 0 Å². The van der Waals surface area contributed by atoms with E-state index in [1.165, 1.54) is 25.1 Å². The van der Waals surface area contributed by atoms with Crippen molar-refractivity contribution in [2.75, 3.05) is 0 Å². The summed E-state index contributed by atoms with van der Waals surface area (Å²) in [4.78, 5) is 36.1. The van der Waals surface area contributed by atoms with Crippen LogP contribution in [0.1, 0.15) is 12.8 Å². The monoisotopic (exact) mass is 951 g/mol. The van der Waals surface area contributed by atoms with Crippen molar-refractivity contribution in [3.8, 4) is 0 Å². The molecule has 5 radical (unpaired) electrons. The fraction of sp³-hybridized carbons (Fsp3) is 0.333. The minimum absolute atomic E-state index is 0. The standard InChI is InChI=1S/2C3H2O2.Cu.4Re/c2*4-2-1-3-5;;;;;/h2*1H2;;;;;/q2*-2;;;;;. The molecule has 0 aliphatic carbocycles. The summed E-state index contributed by atoms with van der Waals surface area (Å²) in [6, 6.07) is 0. The topological polar surface area (TPSA) is 68.3 Å². The average Bonchev–Trinajstić information content (AvgIpc) is 1.93. The second-order valence-corrected chi connectivity index (χ2v) is 0.931. The summed E-state index contributed by atoms with van der Waals surface area (Å²) >= 11 is 0. The van der Waals surface area contributed by atoms with Gasteiger partial charge >= 0.3 is 0 Å². The molecule has 0 atom stereocenters. The predicted molar refractivity (Wildman–Crippen MR) is 32.0 cm³/mol.